The maximum absolute atomic E-state index is 2.43. The molecule has 2 rings (SSSR count). The van der Waals surface area contributed by atoms with E-state index in [1.54, 1.807) is 11.1 Å². The zero-order chi connectivity index (χ0) is 15.2. The number of rotatable bonds is 8. The number of hydrogen-bond acceptors (Lipinski definition) is 0. The molecule has 23 heavy (non-hydrogen) atoms. The Labute approximate surface area is 173 Å². The molecular weight excluding hydrogens is 448 g/mol. The Balaban J connectivity index is 0.00000242. The molecule has 0 spiro atoms. The van der Waals surface area contributed by atoms with Gasteiger partial charge < -0.3 is 0 Å². The number of hydrogen-bond donors (Lipinski definition) is 0. The molecule has 0 heterocycles. The van der Waals surface area contributed by atoms with Gasteiger partial charge in [0.1, 0.15) is 0 Å². The van der Waals surface area contributed by atoms with Gasteiger partial charge >= 0.3 is 140 Å². The molecule has 0 aromatic carbocycles. The van der Waals surface area contributed by atoms with Gasteiger partial charge in [-0.1, -0.05) is 0 Å². The summed E-state index contributed by atoms with van der Waals surface area (Å²) in [5, 5.41) is 0. The molecule has 0 fully saturated rings. The molecule has 0 aromatic heterocycles. The number of allylic oxidation sites excluding steroid dienone is 8. The van der Waals surface area contributed by atoms with Gasteiger partial charge in [-0.05, 0) is 0 Å². The molecule has 0 aliphatic heterocycles. The van der Waals surface area contributed by atoms with E-state index < -0.39 is 0 Å². The van der Waals surface area contributed by atoms with Gasteiger partial charge in [-0.25, -0.2) is 0 Å². The molecule has 0 amide bonds. The molecule has 0 bridgehead atoms. The topological polar surface area (TPSA) is 0 Å². The molecule has 3 heteroatoms. The molecule has 2 atom stereocenters. The Morgan fingerprint density at radius 3 is 1.57 bits per heavy atom. The fraction of sp³-hybridized carbons (Fsp3) is 0.600. The van der Waals surface area contributed by atoms with Crippen molar-refractivity contribution in [2.75, 3.05) is 0 Å². The average Bonchev–Trinajstić information content (AvgIpc) is 3.09. The molecule has 0 aromatic rings. The third-order valence-electron chi connectivity index (χ3n) is 4.74. The standard InChI is InChI=1S/2C10H15.2BrH.Ti/c2*1-3-6-9(2)10-7-4-5-8-10;;;/h2*4,7,9H,3,5-6H2,1-2H3;2*1H;. The van der Waals surface area contributed by atoms with Gasteiger partial charge in [-0.2, -0.15) is 0 Å². The van der Waals surface area contributed by atoms with Crippen molar-refractivity contribution in [1.82, 2.24) is 0 Å². The first-order valence-electron chi connectivity index (χ1n) is 8.73. The SMILES string of the molecule is Br.Br.CCCC(C)C1=[C]([Ti][C]2=C(C(C)CCC)C=CC2)CC=C1. The molecule has 0 nitrogen and oxygen atoms in total. The predicted molar refractivity (Wildman–Crippen MR) is 110 cm³/mol. The molecule has 2 aliphatic rings. The second-order valence-corrected chi connectivity index (χ2v) is 8.86. The van der Waals surface area contributed by atoms with Gasteiger partial charge in [0, 0.05) is 0 Å². The molecule has 130 valence electrons. The summed E-state index contributed by atoms with van der Waals surface area (Å²) in [6, 6.07) is 0. The van der Waals surface area contributed by atoms with Crippen LogP contribution in [0.25, 0.3) is 0 Å². The monoisotopic (exact) mass is 478 g/mol. The van der Waals surface area contributed by atoms with Crippen LogP contribution < -0.4 is 0 Å². The van der Waals surface area contributed by atoms with E-state index in [-0.39, 0.29) is 53.1 Å². The maximum atomic E-state index is 2.43. The molecule has 0 saturated carbocycles. The van der Waals surface area contributed by atoms with E-state index in [1.165, 1.54) is 38.5 Å². The van der Waals surface area contributed by atoms with E-state index in [1.807, 2.05) is 7.76 Å². The second kappa shape index (κ2) is 12.1. The van der Waals surface area contributed by atoms with E-state index in [9.17, 15) is 0 Å². The van der Waals surface area contributed by atoms with E-state index in [4.69, 9.17) is 0 Å². The quantitative estimate of drug-likeness (QED) is 0.315. The Morgan fingerprint density at radius 2 is 1.22 bits per heavy atom. The summed E-state index contributed by atoms with van der Waals surface area (Å²) in [5.74, 6) is 1.53. The van der Waals surface area contributed by atoms with Crippen LogP contribution in [-0.2, 0) is 19.2 Å². The third kappa shape index (κ3) is 6.46. The van der Waals surface area contributed by atoms with E-state index >= 15 is 0 Å². The minimum absolute atomic E-state index is 0. The Hall–Kier alpha value is 0.634. The molecule has 0 saturated heterocycles. The van der Waals surface area contributed by atoms with Crippen LogP contribution in [0, 0.1) is 11.8 Å². The van der Waals surface area contributed by atoms with Gasteiger partial charge in [0.15, 0.2) is 0 Å². The molecular formula is C20H32Br2Ti. The molecule has 2 unspecified atom stereocenters. The van der Waals surface area contributed by atoms with Gasteiger partial charge in [0.05, 0.1) is 0 Å². The van der Waals surface area contributed by atoms with Crippen LogP contribution in [-0.4, -0.2) is 0 Å². The number of halogens is 2. The molecule has 2 aliphatic carbocycles. The summed E-state index contributed by atoms with van der Waals surface area (Å²) in [6.45, 7) is 9.45. The Bertz CT molecular complexity index is 442. The van der Waals surface area contributed by atoms with Crippen molar-refractivity contribution in [2.24, 2.45) is 11.8 Å². The van der Waals surface area contributed by atoms with Crippen molar-refractivity contribution in [3.63, 3.8) is 0 Å². The van der Waals surface area contributed by atoms with Gasteiger partial charge in [0.25, 0.3) is 0 Å². The summed E-state index contributed by atoms with van der Waals surface area (Å²) in [5.41, 5.74) is 3.39. The summed E-state index contributed by atoms with van der Waals surface area (Å²) in [7, 11) is 0. The van der Waals surface area contributed by atoms with Crippen molar-refractivity contribution in [1.29, 1.82) is 0 Å². The summed E-state index contributed by atoms with van der Waals surface area (Å²) >= 11 is -0.0729. The first kappa shape index (κ1) is 23.6. The van der Waals surface area contributed by atoms with Crippen LogP contribution in [0.3, 0.4) is 0 Å². The summed E-state index contributed by atoms with van der Waals surface area (Å²) < 4.78 is 3.63. The summed E-state index contributed by atoms with van der Waals surface area (Å²) in [4.78, 5) is 0. The van der Waals surface area contributed by atoms with E-state index in [0.29, 0.717) is 0 Å². The first-order chi connectivity index (χ1) is 10.2. The summed E-state index contributed by atoms with van der Waals surface area (Å²) in [6.07, 6.45) is 17.4. The normalized spacial score (nSPS) is 18.8. The van der Waals surface area contributed by atoms with Gasteiger partial charge in [0.2, 0.25) is 0 Å². The van der Waals surface area contributed by atoms with Crippen molar-refractivity contribution in [3.05, 3.63) is 43.2 Å². The predicted octanol–water partition coefficient (Wildman–Crippen LogP) is 7.53. The molecule has 0 N–H and O–H groups in total. The van der Waals surface area contributed by atoms with Crippen molar-refractivity contribution < 1.29 is 19.2 Å². The van der Waals surface area contributed by atoms with Crippen LogP contribution >= 0.6 is 34.0 Å². The van der Waals surface area contributed by atoms with Crippen LogP contribution in [0.5, 0.6) is 0 Å². The fourth-order valence-corrected chi connectivity index (χ4v) is 6.31. The van der Waals surface area contributed by atoms with Gasteiger partial charge in [-0.3, -0.25) is 0 Å². The Morgan fingerprint density at radius 1 is 0.826 bits per heavy atom. The minimum atomic E-state index is -0.0729. The van der Waals surface area contributed by atoms with Gasteiger partial charge in [-0.15, -0.1) is 34.0 Å². The van der Waals surface area contributed by atoms with E-state index in [0.717, 1.165) is 11.8 Å². The fourth-order valence-electron chi connectivity index (χ4n) is 3.57. The van der Waals surface area contributed by atoms with Crippen LogP contribution in [0.1, 0.15) is 66.2 Å². The van der Waals surface area contributed by atoms with Crippen LogP contribution in [0.4, 0.5) is 0 Å². The van der Waals surface area contributed by atoms with Crippen LogP contribution in [0.15, 0.2) is 43.2 Å². The average molecular weight is 480 g/mol. The zero-order valence-electron chi connectivity index (χ0n) is 15.0. The first-order valence-corrected chi connectivity index (χ1v) is 10.3. The van der Waals surface area contributed by atoms with Crippen LogP contribution in [0.2, 0.25) is 0 Å². The second-order valence-electron chi connectivity index (χ2n) is 6.59. The van der Waals surface area contributed by atoms with Crippen molar-refractivity contribution in [3.8, 4) is 0 Å². The van der Waals surface area contributed by atoms with Crippen molar-refractivity contribution >= 4 is 34.0 Å². The third-order valence-corrected chi connectivity index (χ3v) is 7.22. The Kier molecular flexibility index (Phi) is 12.4. The molecule has 0 radical (unpaired) electrons. The van der Waals surface area contributed by atoms with Crippen molar-refractivity contribution in [2.45, 2.75) is 66.2 Å². The van der Waals surface area contributed by atoms with E-state index in [2.05, 4.69) is 52.0 Å². The zero-order valence-corrected chi connectivity index (χ0v) is 20.0.